The second-order valence-electron chi connectivity index (χ2n) is 8.53. The third kappa shape index (κ3) is 4.61. The Bertz CT molecular complexity index is 968. The zero-order valence-corrected chi connectivity index (χ0v) is 18.3. The smallest absolute Gasteiger partial charge is 0.325 e. The van der Waals surface area contributed by atoms with Crippen LogP contribution in [0.3, 0.4) is 0 Å². The van der Waals surface area contributed by atoms with Crippen molar-refractivity contribution in [3.63, 3.8) is 0 Å². The van der Waals surface area contributed by atoms with Crippen molar-refractivity contribution < 1.29 is 19.1 Å². The van der Waals surface area contributed by atoms with Crippen LogP contribution in [0.4, 0.5) is 4.79 Å². The third-order valence-electron chi connectivity index (χ3n) is 6.30. The normalized spacial score (nSPS) is 18.0. The molecule has 0 bridgehead atoms. The molecule has 1 heterocycles. The molecule has 7 nitrogen and oxygen atoms in total. The average molecular weight is 436 g/mol. The Morgan fingerprint density at radius 3 is 2.44 bits per heavy atom. The van der Waals surface area contributed by atoms with Crippen molar-refractivity contribution in [1.82, 2.24) is 15.5 Å². The average Bonchev–Trinajstić information content (AvgIpc) is 3.37. The van der Waals surface area contributed by atoms with Gasteiger partial charge in [0.1, 0.15) is 23.9 Å². The Kier molecular flexibility index (Phi) is 6.44. The molecule has 1 spiro atoms. The van der Waals surface area contributed by atoms with Crippen LogP contribution in [-0.4, -0.2) is 40.9 Å². The minimum absolute atomic E-state index is 0.270. The van der Waals surface area contributed by atoms with Gasteiger partial charge < -0.3 is 15.4 Å². The highest BCUT2D eigenvalue weighted by atomic mass is 16.5. The molecule has 1 unspecified atom stereocenters. The van der Waals surface area contributed by atoms with Crippen molar-refractivity contribution in [2.24, 2.45) is 0 Å². The summed E-state index contributed by atoms with van der Waals surface area (Å²) >= 11 is 0. The molecule has 0 radical (unpaired) electrons. The summed E-state index contributed by atoms with van der Waals surface area (Å²) < 4.78 is 5.79. The zero-order valence-electron chi connectivity index (χ0n) is 18.3. The van der Waals surface area contributed by atoms with Crippen LogP contribution in [0, 0.1) is 0 Å². The fourth-order valence-corrected chi connectivity index (χ4v) is 4.40. The summed E-state index contributed by atoms with van der Waals surface area (Å²) in [4.78, 5) is 38.8. The van der Waals surface area contributed by atoms with Gasteiger partial charge in [0.2, 0.25) is 5.91 Å². The van der Waals surface area contributed by atoms with Gasteiger partial charge in [0.15, 0.2) is 0 Å². The first-order chi connectivity index (χ1) is 15.5. The summed E-state index contributed by atoms with van der Waals surface area (Å²) in [6, 6.07) is 16.4. The summed E-state index contributed by atoms with van der Waals surface area (Å²) in [7, 11) is 0. The molecule has 1 aliphatic heterocycles. The molecular formula is C25H29N3O4. The number of hydrogen-bond acceptors (Lipinski definition) is 4. The molecule has 2 aromatic carbocycles. The molecule has 1 saturated carbocycles. The van der Waals surface area contributed by atoms with E-state index in [-0.39, 0.29) is 11.8 Å². The van der Waals surface area contributed by atoms with Gasteiger partial charge in [-0.3, -0.25) is 9.59 Å². The monoisotopic (exact) mass is 435 g/mol. The van der Waals surface area contributed by atoms with Crippen LogP contribution >= 0.6 is 0 Å². The summed E-state index contributed by atoms with van der Waals surface area (Å²) in [5, 5.41) is 5.66. The van der Waals surface area contributed by atoms with E-state index in [2.05, 4.69) is 10.6 Å². The van der Waals surface area contributed by atoms with E-state index in [1.165, 1.54) is 0 Å². The highest BCUT2D eigenvalue weighted by Crippen LogP contribution is 2.35. The van der Waals surface area contributed by atoms with Crippen LogP contribution < -0.4 is 15.4 Å². The van der Waals surface area contributed by atoms with E-state index in [4.69, 9.17) is 4.74 Å². The maximum Gasteiger partial charge on any atom is 0.325 e. The molecule has 2 aliphatic rings. The standard InChI is InChI=1S/C25H29N3O4/c1-18(28-23(30)25(27-24(28)31)14-5-6-15-25)22(29)26-16-13-19-9-11-21(12-10-19)32-17-20-7-3-2-4-8-20/h2-4,7-12,18H,5-6,13-17H2,1H3,(H,26,29)(H,27,31). The topological polar surface area (TPSA) is 87.7 Å². The fraction of sp³-hybridized carbons (Fsp3) is 0.400. The van der Waals surface area contributed by atoms with Gasteiger partial charge in [-0.05, 0) is 49.4 Å². The highest BCUT2D eigenvalue weighted by molar-refractivity contribution is 6.09. The molecule has 7 heteroatoms. The Hall–Kier alpha value is -3.35. The molecule has 0 aromatic heterocycles. The maximum absolute atomic E-state index is 12.8. The first kappa shape index (κ1) is 21.9. The number of nitrogens with zero attached hydrogens (tertiary/aromatic N) is 1. The van der Waals surface area contributed by atoms with Crippen LogP contribution in [0.15, 0.2) is 54.6 Å². The number of carbonyl (C=O) groups is 3. The summed E-state index contributed by atoms with van der Waals surface area (Å²) in [5.74, 6) is 0.190. The lowest BCUT2D eigenvalue weighted by molar-refractivity contribution is -0.137. The van der Waals surface area contributed by atoms with Gasteiger partial charge in [-0.1, -0.05) is 55.3 Å². The summed E-state index contributed by atoms with van der Waals surface area (Å²) in [6.45, 7) is 2.53. The van der Waals surface area contributed by atoms with Gasteiger partial charge in [-0.2, -0.15) is 0 Å². The number of rotatable bonds is 8. The SMILES string of the molecule is CC(C(=O)NCCc1ccc(OCc2ccccc2)cc1)N1C(=O)NC2(CCCC2)C1=O. The minimum Gasteiger partial charge on any atom is -0.489 e. The quantitative estimate of drug-likeness (QED) is 0.624. The van der Waals surface area contributed by atoms with E-state index < -0.39 is 17.6 Å². The number of amides is 4. The maximum atomic E-state index is 12.8. The molecule has 2 N–H and O–H groups in total. The van der Waals surface area contributed by atoms with Crippen LogP contribution in [0.5, 0.6) is 5.75 Å². The Labute approximate surface area is 188 Å². The van der Waals surface area contributed by atoms with Gasteiger partial charge in [-0.15, -0.1) is 0 Å². The number of hydrogen-bond donors (Lipinski definition) is 2. The van der Waals surface area contributed by atoms with Crippen LogP contribution in [-0.2, 0) is 22.6 Å². The minimum atomic E-state index is -0.837. The molecule has 2 fully saturated rings. The van der Waals surface area contributed by atoms with Crippen molar-refractivity contribution >= 4 is 17.8 Å². The largest absolute Gasteiger partial charge is 0.489 e. The molecule has 1 saturated heterocycles. The van der Waals surface area contributed by atoms with Crippen LogP contribution in [0.1, 0.15) is 43.7 Å². The van der Waals surface area contributed by atoms with Crippen LogP contribution in [0.2, 0.25) is 0 Å². The van der Waals surface area contributed by atoms with E-state index in [1.807, 2.05) is 54.6 Å². The lowest BCUT2D eigenvalue weighted by Crippen LogP contribution is -2.50. The van der Waals surface area contributed by atoms with Crippen molar-refractivity contribution in [3.8, 4) is 5.75 Å². The first-order valence-electron chi connectivity index (χ1n) is 11.2. The zero-order chi connectivity index (χ0) is 22.6. The van der Waals surface area contributed by atoms with Crippen LogP contribution in [0.25, 0.3) is 0 Å². The van der Waals surface area contributed by atoms with Crippen molar-refractivity contribution in [3.05, 3.63) is 65.7 Å². The number of ether oxygens (including phenoxy) is 1. The van der Waals surface area contributed by atoms with Gasteiger partial charge in [-0.25, -0.2) is 9.69 Å². The Morgan fingerprint density at radius 2 is 1.75 bits per heavy atom. The molecule has 4 rings (SSSR count). The first-order valence-corrected chi connectivity index (χ1v) is 11.2. The van der Waals surface area contributed by atoms with Gasteiger partial charge in [0.05, 0.1) is 0 Å². The van der Waals surface area contributed by atoms with E-state index in [9.17, 15) is 14.4 Å². The van der Waals surface area contributed by atoms with E-state index in [0.29, 0.717) is 32.4 Å². The molecule has 1 aliphatic carbocycles. The van der Waals surface area contributed by atoms with Gasteiger partial charge in [0, 0.05) is 6.54 Å². The predicted octanol–water partition coefficient (Wildman–Crippen LogP) is 3.18. The number of imide groups is 1. The van der Waals surface area contributed by atoms with E-state index in [0.717, 1.165) is 34.6 Å². The van der Waals surface area contributed by atoms with Crippen molar-refractivity contribution in [1.29, 1.82) is 0 Å². The van der Waals surface area contributed by atoms with Gasteiger partial charge in [0.25, 0.3) is 5.91 Å². The number of benzene rings is 2. The van der Waals surface area contributed by atoms with Crippen molar-refractivity contribution in [2.45, 2.75) is 57.2 Å². The van der Waals surface area contributed by atoms with E-state index >= 15 is 0 Å². The highest BCUT2D eigenvalue weighted by Gasteiger charge is 2.54. The lowest BCUT2D eigenvalue weighted by Gasteiger charge is -2.23. The molecule has 32 heavy (non-hydrogen) atoms. The second kappa shape index (κ2) is 9.42. The number of urea groups is 1. The molecular weight excluding hydrogens is 406 g/mol. The summed E-state index contributed by atoms with van der Waals surface area (Å²) in [6.07, 6.45) is 3.76. The molecule has 2 aromatic rings. The Morgan fingerprint density at radius 1 is 1.06 bits per heavy atom. The van der Waals surface area contributed by atoms with E-state index in [1.54, 1.807) is 6.92 Å². The molecule has 1 atom stereocenters. The summed E-state index contributed by atoms with van der Waals surface area (Å²) in [5.41, 5.74) is 1.37. The molecule has 4 amide bonds. The third-order valence-corrected chi connectivity index (χ3v) is 6.30. The second-order valence-corrected chi connectivity index (χ2v) is 8.53. The van der Waals surface area contributed by atoms with Gasteiger partial charge >= 0.3 is 6.03 Å². The number of carbonyl (C=O) groups excluding carboxylic acids is 3. The fourth-order valence-electron chi connectivity index (χ4n) is 4.40. The number of nitrogens with one attached hydrogen (secondary N) is 2. The predicted molar refractivity (Wildman–Crippen MR) is 120 cm³/mol. The van der Waals surface area contributed by atoms with Crippen molar-refractivity contribution in [2.75, 3.05) is 6.54 Å². The molecule has 168 valence electrons. The Balaban J connectivity index is 1.24. The lowest BCUT2D eigenvalue weighted by atomic mass is 9.97.